The van der Waals surface area contributed by atoms with Crippen LogP contribution in [0.1, 0.15) is 39.0 Å². The smallest absolute Gasteiger partial charge is 0.410 e. The summed E-state index contributed by atoms with van der Waals surface area (Å²) in [5.74, 6) is -0.0285. The van der Waals surface area contributed by atoms with Crippen molar-refractivity contribution in [3.63, 3.8) is 0 Å². The van der Waals surface area contributed by atoms with Crippen molar-refractivity contribution in [1.82, 2.24) is 14.9 Å². The second-order valence-corrected chi connectivity index (χ2v) is 6.05. The van der Waals surface area contributed by atoms with E-state index in [4.69, 9.17) is 4.74 Å². The van der Waals surface area contributed by atoms with E-state index in [0.717, 1.165) is 6.42 Å². The number of amides is 1. The summed E-state index contributed by atoms with van der Waals surface area (Å²) in [7, 11) is 0. The highest BCUT2D eigenvalue weighted by atomic mass is 16.6. The zero-order chi connectivity index (χ0) is 14.8. The highest BCUT2D eigenvalue weighted by Gasteiger charge is 2.34. The number of hydrogen-bond donors (Lipinski definition) is 1. The van der Waals surface area contributed by atoms with Crippen LogP contribution in [0.15, 0.2) is 18.6 Å². The van der Waals surface area contributed by atoms with Crippen LogP contribution in [0.4, 0.5) is 4.79 Å². The first-order chi connectivity index (χ1) is 9.37. The molecule has 1 fully saturated rings. The van der Waals surface area contributed by atoms with E-state index in [-0.39, 0.29) is 12.0 Å². The van der Waals surface area contributed by atoms with Crippen LogP contribution >= 0.6 is 0 Å². The molecule has 20 heavy (non-hydrogen) atoms. The topological polar surface area (TPSA) is 75.5 Å². The fourth-order valence-corrected chi connectivity index (χ4v) is 2.24. The van der Waals surface area contributed by atoms with Crippen molar-refractivity contribution in [2.45, 2.75) is 38.9 Å². The predicted octanol–water partition coefficient (Wildman–Crippen LogP) is 1.77. The molecule has 0 bridgehead atoms. The van der Waals surface area contributed by atoms with Crippen LogP contribution in [-0.2, 0) is 4.74 Å². The molecule has 1 amide bonds. The minimum atomic E-state index is -0.698. The number of hydrogen-bond acceptors (Lipinski definition) is 5. The minimum Gasteiger partial charge on any atom is -0.444 e. The summed E-state index contributed by atoms with van der Waals surface area (Å²) >= 11 is 0. The molecule has 1 aromatic rings. The Balaban J connectivity index is 1.94. The van der Waals surface area contributed by atoms with Crippen molar-refractivity contribution >= 4 is 6.09 Å². The number of nitrogens with zero attached hydrogens (tertiary/aromatic N) is 3. The van der Waals surface area contributed by atoms with Gasteiger partial charge in [-0.2, -0.15) is 0 Å². The predicted molar refractivity (Wildman–Crippen MR) is 72.9 cm³/mol. The van der Waals surface area contributed by atoms with Gasteiger partial charge in [0.2, 0.25) is 0 Å². The first-order valence-corrected chi connectivity index (χ1v) is 6.79. The SMILES string of the molecule is CC(C)(C)OC(=O)N1CCC(C(O)c2cnccn2)C1. The summed E-state index contributed by atoms with van der Waals surface area (Å²) in [6.07, 6.45) is 4.39. The summed E-state index contributed by atoms with van der Waals surface area (Å²) in [6.45, 7) is 6.59. The molecule has 1 aromatic heterocycles. The van der Waals surface area contributed by atoms with E-state index in [2.05, 4.69) is 9.97 Å². The summed E-state index contributed by atoms with van der Waals surface area (Å²) in [5, 5.41) is 10.3. The Labute approximate surface area is 118 Å². The maximum absolute atomic E-state index is 12.0. The molecule has 0 saturated carbocycles. The zero-order valence-corrected chi connectivity index (χ0v) is 12.1. The Morgan fingerprint density at radius 3 is 2.85 bits per heavy atom. The highest BCUT2D eigenvalue weighted by Crippen LogP contribution is 2.29. The van der Waals surface area contributed by atoms with E-state index < -0.39 is 11.7 Å². The quantitative estimate of drug-likeness (QED) is 0.893. The average Bonchev–Trinajstić information content (AvgIpc) is 2.86. The Morgan fingerprint density at radius 1 is 1.50 bits per heavy atom. The van der Waals surface area contributed by atoms with Crippen molar-refractivity contribution in [1.29, 1.82) is 0 Å². The molecule has 2 unspecified atom stereocenters. The van der Waals surface area contributed by atoms with Gasteiger partial charge in [-0.25, -0.2) is 4.79 Å². The molecule has 2 atom stereocenters. The second kappa shape index (κ2) is 5.75. The fourth-order valence-electron chi connectivity index (χ4n) is 2.24. The molecular formula is C14H21N3O3. The van der Waals surface area contributed by atoms with Crippen LogP contribution in [0.3, 0.4) is 0 Å². The third-order valence-electron chi connectivity index (χ3n) is 3.21. The number of likely N-dealkylation sites (tertiary alicyclic amines) is 1. The standard InChI is InChI=1S/C14H21N3O3/c1-14(2,3)20-13(19)17-7-4-10(9-17)12(18)11-8-15-5-6-16-11/h5-6,8,10,12,18H,4,7,9H2,1-3H3. The largest absolute Gasteiger partial charge is 0.444 e. The maximum Gasteiger partial charge on any atom is 0.410 e. The Bertz CT molecular complexity index is 458. The van der Waals surface area contributed by atoms with E-state index >= 15 is 0 Å². The number of aromatic nitrogens is 2. The van der Waals surface area contributed by atoms with Gasteiger partial charge >= 0.3 is 6.09 Å². The number of aliphatic hydroxyl groups is 1. The van der Waals surface area contributed by atoms with E-state index in [1.807, 2.05) is 20.8 Å². The van der Waals surface area contributed by atoms with Crippen LogP contribution in [0, 0.1) is 5.92 Å². The van der Waals surface area contributed by atoms with Gasteiger partial charge in [0.05, 0.1) is 11.9 Å². The van der Waals surface area contributed by atoms with Gasteiger partial charge in [0, 0.05) is 31.4 Å². The van der Waals surface area contributed by atoms with E-state index in [1.54, 1.807) is 23.5 Å². The lowest BCUT2D eigenvalue weighted by molar-refractivity contribution is 0.0266. The molecule has 2 rings (SSSR count). The third kappa shape index (κ3) is 3.66. The molecule has 1 saturated heterocycles. The van der Waals surface area contributed by atoms with Crippen LogP contribution in [-0.4, -0.2) is 44.8 Å². The van der Waals surface area contributed by atoms with Gasteiger partial charge in [0.25, 0.3) is 0 Å². The summed E-state index contributed by atoms with van der Waals surface area (Å²) < 4.78 is 5.33. The number of rotatable bonds is 2. The van der Waals surface area contributed by atoms with Crippen molar-refractivity contribution in [3.05, 3.63) is 24.3 Å². The molecule has 1 N–H and O–H groups in total. The number of ether oxygens (including phenoxy) is 1. The molecule has 1 aliphatic heterocycles. The molecule has 6 heteroatoms. The summed E-state index contributed by atoms with van der Waals surface area (Å²) in [5.41, 5.74) is 0.0436. The van der Waals surface area contributed by atoms with Crippen molar-refractivity contribution in [3.8, 4) is 0 Å². The van der Waals surface area contributed by atoms with E-state index in [1.165, 1.54) is 0 Å². The van der Waals surface area contributed by atoms with Crippen LogP contribution in [0.5, 0.6) is 0 Å². The van der Waals surface area contributed by atoms with Gasteiger partial charge in [0.15, 0.2) is 0 Å². The van der Waals surface area contributed by atoms with Crippen LogP contribution < -0.4 is 0 Å². The van der Waals surface area contributed by atoms with Crippen molar-refractivity contribution in [2.75, 3.05) is 13.1 Å². The first-order valence-electron chi connectivity index (χ1n) is 6.79. The van der Waals surface area contributed by atoms with Crippen molar-refractivity contribution < 1.29 is 14.6 Å². The third-order valence-corrected chi connectivity index (χ3v) is 3.21. The molecule has 0 radical (unpaired) electrons. The Kier molecular flexibility index (Phi) is 4.23. The molecule has 0 spiro atoms. The van der Waals surface area contributed by atoms with Gasteiger partial charge in [-0.3, -0.25) is 9.97 Å². The number of carbonyl (C=O) groups excluding carboxylic acids is 1. The van der Waals surface area contributed by atoms with Crippen LogP contribution in [0.25, 0.3) is 0 Å². The van der Waals surface area contributed by atoms with Gasteiger partial charge in [-0.05, 0) is 27.2 Å². The number of carbonyl (C=O) groups is 1. The fraction of sp³-hybridized carbons (Fsp3) is 0.643. The molecular weight excluding hydrogens is 258 g/mol. The lowest BCUT2D eigenvalue weighted by Crippen LogP contribution is -2.35. The summed E-state index contributed by atoms with van der Waals surface area (Å²) in [4.78, 5) is 21.7. The zero-order valence-electron chi connectivity index (χ0n) is 12.1. The lowest BCUT2D eigenvalue weighted by Gasteiger charge is -2.25. The Hall–Kier alpha value is -1.69. The highest BCUT2D eigenvalue weighted by molar-refractivity contribution is 5.68. The monoisotopic (exact) mass is 279 g/mol. The molecule has 0 aliphatic carbocycles. The van der Waals surface area contributed by atoms with E-state index in [9.17, 15) is 9.90 Å². The van der Waals surface area contributed by atoms with Crippen molar-refractivity contribution in [2.24, 2.45) is 5.92 Å². The lowest BCUT2D eigenvalue weighted by atomic mass is 9.99. The first kappa shape index (κ1) is 14.7. The molecule has 2 heterocycles. The van der Waals surface area contributed by atoms with Gasteiger partial charge in [0.1, 0.15) is 11.7 Å². The average molecular weight is 279 g/mol. The molecule has 0 aromatic carbocycles. The second-order valence-electron chi connectivity index (χ2n) is 6.05. The van der Waals surface area contributed by atoms with Gasteiger partial charge in [-0.1, -0.05) is 0 Å². The number of aliphatic hydroxyl groups excluding tert-OH is 1. The Morgan fingerprint density at radius 2 is 2.25 bits per heavy atom. The molecule has 6 nitrogen and oxygen atoms in total. The summed E-state index contributed by atoms with van der Waals surface area (Å²) in [6, 6.07) is 0. The minimum absolute atomic E-state index is 0.0285. The van der Waals surface area contributed by atoms with Gasteiger partial charge in [-0.15, -0.1) is 0 Å². The normalized spacial score (nSPS) is 20.8. The molecule has 110 valence electrons. The van der Waals surface area contributed by atoms with Gasteiger partial charge < -0.3 is 14.7 Å². The van der Waals surface area contributed by atoms with E-state index in [0.29, 0.717) is 18.8 Å². The van der Waals surface area contributed by atoms with Crippen LogP contribution in [0.2, 0.25) is 0 Å². The maximum atomic E-state index is 12.0. The molecule has 1 aliphatic rings.